The minimum absolute atomic E-state index is 0.0137. The summed E-state index contributed by atoms with van der Waals surface area (Å²) in [5, 5.41) is 0. The van der Waals surface area contributed by atoms with Crippen LogP contribution in [0.1, 0.15) is 41.4 Å². The van der Waals surface area contributed by atoms with Crippen molar-refractivity contribution in [1.29, 1.82) is 0 Å². The van der Waals surface area contributed by atoms with Crippen LogP contribution >= 0.6 is 0 Å². The van der Waals surface area contributed by atoms with E-state index in [0.29, 0.717) is 30.7 Å². The Morgan fingerprint density at radius 3 is 2.25 bits per heavy atom. The van der Waals surface area contributed by atoms with E-state index in [0.717, 1.165) is 24.2 Å². The van der Waals surface area contributed by atoms with Crippen LogP contribution in [0, 0.1) is 0 Å². The summed E-state index contributed by atoms with van der Waals surface area (Å²) in [6.45, 7) is 6.92. The number of likely N-dealkylation sites (N-methyl/N-ethyl adjacent to an activating group) is 1. The average Bonchev–Trinajstić information content (AvgIpc) is 2.80. The molecule has 0 amide bonds. The van der Waals surface area contributed by atoms with Crippen LogP contribution in [0.4, 0.5) is 0 Å². The lowest BCUT2D eigenvalue weighted by molar-refractivity contribution is 0.0276. The molecule has 0 bridgehead atoms. The molecule has 4 atom stereocenters. The molecule has 1 aliphatic heterocycles. The number of methoxy groups -OCH3 is 1. The molecular weight excluding hydrogens is 426 g/mol. The summed E-state index contributed by atoms with van der Waals surface area (Å²) >= 11 is -2.14. The topological polar surface area (TPSA) is 73.3 Å². The van der Waals surface area contributed by atoms with Gasteiger partial charge >= 0.3 is 5.97 Å². The monoisotopic (exact) mass is 459 g/mol. The van der Waals surface area contributed by atoms with E-state index >= 15 is 0 Å². The van der Waals surface area contributed by atoms with Crippen LogP contribution in [0.3, 0.4) is 0 Å². The number of carbonyl (C=O) groups excluding carboxylic acids is 1. The summed E-state index contributed by atoms with van der Waals surface area (Å²) in [6, 6.07) is 17.9. The van der Waals surface area contributed by atoms with Crippen molar-refractivity contribution in [2.24, 2.45) is 0 Å². The first-order chi connectivity index (χ1) is 15.3. The second kappa shape index (κ2) is 11.2. The van der Waals surface area contributed by atoms with Crippen molar-refractivity contribution < 1.29 is 18.3 Å². The van der Waals surface area contributed by atoms with Crippen molar-refractivity contribution in [2.45, 2.75) is 38.5 Å². The largest absolute Gasteiger partial charge is 0.465 e. The van der Waals surface area contributed by atoms with E-state index in [1.54, 1.807) is 28.6 Å². The molecule has 7 nitrogen and oxygen atoms in total. The van der Waals surface area contributed by atoms with Gasteiger partial charge in [-0.1, -0.05) is 42.5 Å². The number of ether oxygens (including phenoxy) is 1. The van der Waals surface area contributed by atoms with Crippen LogP contribution in [0.15, 0.2) is 54.6 Å². The maximum absolute atomic E-state index is 12.3. The Balaban J connectivity index is 1.82. The molecule has 1 fully saturated rings. The predicted octanol–water partition coefficient (Wildman–Crippen LogP) is 3.18. The first kappa shape index (κ1) is 24.5. The fourth-order valence-electron chi connectivity index (χ4n) is 4.25. The van der Waals surface area contributed by atoms with Crippen LogP contribution in [0.25, 0.3) is 0 Å². The smallest absolute Gasteiger partial charge is 0.337 e. The van der Waals surface area contributed by atoms with E-state index in [4.69, 9.17) is 4.74 Å². The second-order valence-electron chi connectivity index (χ2n) is 8.49. The molecule has 8 heteroatoms. The van der Waals surface area contributed by atoms with Crippen LogP contribution in [0.5, 0.6) is 0 Å². The molecule has 1 heterocycles. The number of hydrogen-bond acceptors (Lipinski definition) is 5. The van der Waals surface area contributed by atoms with Gasteiger partial charge in [-0.15, -0.1) is 0 Å². The van der Waals surface area contributed by atoms with Crippen molar-refractivity contribution in [3.63, 3.8) is 0 Å². The molecule has 1 aliphatic rings. The molecule has 2 aromatic rings. The van der Waals surface area contributed by atoms with Gasteiger partial charge in [-0.05, 0) is 44.2 Å². The normalized spacial score (nSPS) is 21.9. The maximum atomic E-state index is 12.3. The molecule has 2 unspecified atom stereocenters. The highest BCUT2D eigenvalue weighted by atomic mass is 32.2. The van der Waals surface area contributed by atoms with Crippen LogP contribution < -0.4 is 0 Å². The highest BCUT2D eigenvalue weighted by Gasteiger charge is 2.33. The minimum atomic E-state index is -2.14. The van der Waals surface area contributed by atoms with Crippen LogP contribution in [-0.2, 0) is 22.5 Å². The molecule has 32 heavy (non-hydrogen) atoms. The van der Waals surface area contributed by atoms with Gasteiger partial charge in [0, 0.05) is 44.3 Å². The molecule has 0 aliphatic carbocycles. The van der Waals surface area contributed by atoms with E-state index < -0.39 is 17.2 Å². The third-order valence-electron chi connectivity index (χ3n) is 6.34. The van der Waals surface area contributed by atoms with Gasteiger partial charge in [0.15, 0.2) is 0 Å². The predicted molar refractivity (Wildman–Crippen MR) is 126 cm³/mol. The number of rotatable bonds is 8. The fraction of sp³-hybridized carbons (Fsp3) is 0.458. The van der Waals surface area contributed by atoms with E-state index in [9.17, 15) is 13.6 Å². The Labute approximate surface area is 193 Å². The molecule has 1 N–H and O–H groups in total. The number of benzene rings is 2. The van der Waals surface area contributed by atoms with Crippen molar-refractivity contribution in [1.82, 2.24) is 14.1 Å². The lowest BCUT2D eigenvalue weighted by Gasteiger charge is -2.46. The zero-order valence-corrected chi connectivity index (χ0v) is 20.0. The van der Waals surface area contributed by atoms with Gasteiger partial charge in [0.05, 0.1) is 12.7 Å². The van der Waals surface area contributed by atoms with Gasteiger partial charge in [0.2, 0.25) is 11.3 Å². The third kappa shape index (κ3) is 6.02. The first-order valence-electron chi connectivity index (χ1n) is 10.8. The van der Waals surface area contributed by atoms with Gasteiger partial charge < -0.3 is 4.74 Å². The molecule has 0 aromatic heterocycles. The van der Waals surface area contributed by atoms with Crippen molar-refractivity contribution in [3.05, 3.63) is 71.3 Å². The zero-order valence-electron chi connectivity index (χ0n) is 19.2. The first-order valence-corrected chi connectivity index (χ1v) is 11.9. The van der Waals surface area contributed by atoms with E-state index in [-0.39, 0.29) is 6.04 Å². The molecule has 2 aromatic carbocycles. The summed E-state index contributed by atoms with van der Waals surface area (Å²) in [7, 11) is 3.49. The van der Waals surface area contributed by atoms with Gasteiger partial charge in [0.1, 0.15) is 0 Å². The zero-order chi connectivity index (χ0) is 23.3. The third-order valence-corrected chi connectivity index (χ3v) is 7.06. The minimum Gasteiger partial charge on any atom is -0.465 e. The van der Waals surface area contributed by atoms with Crippen molar-refractivity contribution in [2.75, 3.05) is 33.8 Å². The Hall–Kier alpha value is -2.10. The lowest BCUT2D eigenvalue weighted by Crippen LogP contribution is -2.56. The lowest BCUT2D eigenvalue weighted by atomic mass is 10.0. The SMILES string of the molecule is COC(=O)c1ccc(CN(CC(c2ccccc2)N2C[C@@H](C)N(C)[C@@H](C)C2)S(=O)O)cc1. The van der Waals surface area contributed by atoms with E-state index in [1.807, 2.05) is 18.2 Å². The standard InChI is InChI=1S/C24H33N3O4S/c1-18-14-26(15-19(2)25(18)3)23(21-8-6-5-7-9-21)17-27(32(29)30)16-20-10-12-22(13-11-20)24(28)31-4/h5-13,18-19,23H,14-17H2,1-4H3,(H,29,30)/t18-,19+,23?. The average molecular weight is 460 g/mol. The number of esters is 1. The summed E-state index contributed by atoms with van der Waals surface area (Å²) in [6.07, 6.45) is 0. The molecule has 1 saturated heterocycles. The van der Waals surface area contributed by atoms with Crippen molar-refractivity contribution in [3.8, 4) is 0 Å². The Morgan fingerprint density at radius 1 is 1.12 bits per heavy atom. The summed E-state index contributed by atoms with van der Waals surface area (Å²) < 4.78 is 28.7. The Kier molecular flexibility index (Phi) is 8.56. The summed E-state index contributed by atoms with van der Waals surface area (Å²) in [5.74, 6) is -0.401. The summed E-state index contributed by atoms with van der Waals surface area (Å²) in [4.78, 5) is 16.5. The van der Waals surface area contributed by atoms with Gasteiger partial charge in [-0.2, -0.15) is 4.31 Å². The molecule has 0 saturated carbocycles. The fourth-order valence-corrected chi connectivity index (χ4v) is 4.78. The Morgan fingerprint density at radius 2 is 1.72 bits per heavy atom. The van der Waals surface area contributed by atoms with Gasteiger partial charge in [-0.3, -0.25) is 14.4 Å². The number of nitrogens with zero attached hydrogens (tertiary/aromatic N) is 3. The van der Waals surface area contributed by atoms with Gasteiger partial charge in [0.25, 0.3) is 0 Å². The van der Waals surface area contributed by atoms with E-state index in [1.165, 1.54) is 7.11 Å². The number of piperazine rings is 1. The van der Waals surface area contributed by atoms with Gasteiger partial charge in [-0.25, -0.2) is 9.00 Å². The maximum Gasteiger partial charge on any atom is 0.337 e. The summed E-state index contributed by atoms with van der Waals surface area (Å²) in [5.41, 5.74) is 2.44. The molecular formula is C24H33N3O4S. The van der Waals surface area contributed by atoms with Crippen molar-refractivity contribution >= 4 is 17.2 Å². The molecule has 0 radical (unpaired) electrons. The number of hydrogen-bond donors (Lipinski definition) is 1. The Bertz CT molecular complexity index is 897. The molecule has 174 valence electrons. The molecule has 0 spiro atoms. The van der Waals surface area contributed by atoms with Crippen LogP contribution in [0.2, 0.25) is 0 Å². The highest BCUT2D eigenvalue weighted by molar-refractivity contribution is 7.76. The molecule has 3 rings (SSSR count). The van der Waals surface area contributed by atoms with Crippen LogP contribution in [-0.4, -0.2) is 74.7 Å². The highest BCUT2D eigenvalue weighted by Crippen LogP contribution is 2.27. The number of carbonyl (C=O) groups is 1. The second-order valence-corrected chi connectivity index (χ2v) is 9.46. The quantitative estimate of drug-likeness (QED) is 0.483. The van der Waals surface area contributed by atoms with E-state index in [2.05, 4.69) is 42.8 Å².